The molecule has 0 aromatic heterocycles. The van der Waals surface area contributed by atoms with Crippen molar-refractivity contribution in [3.05, 3.63) is 59.2 Å². The Kier molecular flexibility index (Phi) is 5.95. The van der Waals surface area contributed by atoms with Crippen molar-refractivity contribution < 1.29 is 19.1 Å². The number of benzene rings is 2. The molecule has 5 nitrogen and oxygen atoms in total. The topological polar surface area (TPSA) is 64.6 Å². The van der Waals surface area contributed by atoms with E-state index in [0.717, 1.165) is 5.56 Å². The van der Waals surface area contributed by atoms with E-state index >= 15 is 0 Å². The monoisotopic (exact) mass is 339 g/mol. The van der Waals surface area contributed by atoms with Gasteiger partial charge in [-0.1, -0.05) is 18.2 Å². The van der Waals surface area contributed by atoms with Gasteiger partial charge in [0.2, 0.25) is 0 Å². The summed E-state index contributed by atoms with van der Waals surface area (Å²) in [6.45, 7) is 3.21. The highest BCUT2D eigenvalue weighted by atomic mass is 16.5. The van der Waals surface area contributed by atoms with Crippen LogP contribution < -0.4 is 14.8 Å². The number of carbonyl (C=O) groups is 2. The van der Waals surface area contributed by atoms with Crippen molar-refractivity contribution in [2.24, 2.45) is 0 Å². The zero-order chi connectivity index (χ0) is 18.4. The lowest BCUT2D eigenvalue weighted by atomic mass is 10.1. The summed E-state index contributed by atoms with van der Waals surface area (Å²) in [6, 6.07) is 12.3. The van der Waals surface area contributed by atoms with E-state index in [9.17, 15) is 9.59 Å². The summed E-state index contributed by atoms with van der Waals surface area (Å²) in [6.07, 6.45) is 1.76. The van der Waals surface area contributed by atoms with Gasteiger partial charge in [0.05, 0.1) is 14.2 Å². The molecule has 0 fully saturated rings. The van der Waals surface area contributed by atoms with Crippen LogP contribution in [0.4, 0.5) is 5.69 Å². The fourth-order valence-corrected chi connectivity index (χ4v) is 2.30. The molecule has 0 radical (unpaired) electrons. The van der Waals surface area contributed by atoms with E-state index in [1.807, 2.05) is 6.07 Å². The van der Waals surface area contributed by atoms with Crippen LogP contribution in [0.2, 0.25) is 0 Å². The van der Waals surface area contributed by atoms with Crippen LogP contribution in [0.5, 0.6) is 11.5 Å². The number of carbonyl (C=O) groups excluding carboxylic acids is 2. The number of hydrogen-bond acceptors (Lipinski definition) is 4. The molecule has 0 heterocycles. The van der Waals surface area contributed by atoms with Gasteiger partial charge in [0, 0.05) is 16.8 Å². The summed E-state index contributed by atoms with van der Waals surface area (Å²) in [5, 5.41) is 2.79. The van der Waals surface area contributed by atoms with Crippen LogP contribution in [0.15, 0.2) is 48.0 Å². The Morgan fingerprint density at radius 1 is 0.960 bits per heavy atom. The minimum absolute atomic E-state index is 0.0475. The summed E-state index contributed by atoms with van der Waals surface area (Å²) in [5.74, 6) is 0.936. The second-order valence-electron chi connectivity index (χ2n) is 5.53. The minimum Gasteiger partial charge on any atom is -0.493 e. The third kappa shape index (κ3) is 4.70. The van der Waals surface area contributed by atoms with Crippen LogP contribution >= 0.6 is 0 Å². The average Bonchev–Trinajstić information content (AvgIpc) is 2.61. The number of nitrogens with one attached hydrogen (secondary N) is 1. The molecular weight excluding hydrogens is 318 g/mol. The maximum atomic E-state index is 12.4. The SMILES string of the molecule is COc1ccc(/C=C(\C)C(=O)Nc2cccc(C(C)=O)c2)cc1OC. The molecule has 5 heteroatoms. The quantitative estimate of drug-likeness (QED) is 0.639. The van der Waals surface area contributed by atoms with Gasteiger partial charge < -0.3 is 14.8 Å². The first kappa shape index (κ1) is 18.3. The lowest BCUT2D eigenvalue weighted by Crippen LogP contribution is -2.12. The molecule has 25 heavy (non-hydrogen) atoms. The van der Waals surface area contributed by atoms with Crippen LogP contribution in [-0.4, -0.2) is 25.9 Å². The van der Waals surface area contributed by atoms with Crippen molar-refractivity contribution in [1.82, 2.24) is 0 Å². The zero-order valence-corrected chi connectivity index (χ0v) is 14.8. The number of rotatable bonds is 6. The van der Waals surface area contributed by atoms with Crippen molar-refractivity contribution in [3.63, 3.8) is 0 Å². The van der Waals surface area contributed by atoms with Gasteiger partial charge in [-0.25, -0.2) is 0 Å². The van der Waals surface area contributed by atoms with Crippen molar-refractivity contribution in [1.29, 1.82) is 0 Å². The predicted octanol–water partition coefficient (Wildman–Crippen LogP) is 3.95. The summed E-state index contributed by atoms with van der Waals surface area (Å²) < 4.78 is 10.5. The van der Waals surface area contributed by atoms with E-state index in [1.54, 1.807) is 63.6 Å². The summed E-state index contributed by atoms with van der Waals surface area (Å²) in [4.78, 5) is 23.8. The number of Topliss-reactive ketones (excluding diaryl/α,β-unsaturated/α-hetero) is 1. The Morgan fingerprint density at radius 3 is 2.32 bits per heavy atom. The van der Waals surface area contributed by atoms with Crippen molar-refractivity contribution >= 4 is 23.5 Å². The number of amides is 1. The van der Waals surface area contributed by atoms with E-state index in [1.165, 1.54) is 6.92 Å². The molecule has 2 aromatic rings. The fourth-order valence-electron chi connectivity index (χ4n) is 2.30. The molecule has 1 N–H and O–H groups in total. The zero-order valence-electron chi connectivity index (χ0n) is 14.8. The highest BCUT2D eigenvalue weighted by Crippen LogP contribution is 2.28. The highest BCUT2D eigenvalue weighted by molar-refractivity contribution is 6.06. The number of ether oxygens (including phenoxy) is 2. The molecule has 1 amide bonds. The van der Waals surface area contributed by atoms with Crippen LogP contribution in [0.3, 0.4) is 0 Å². The largest absolute Gasteiger partial charge is 0.493 e. The molecule has 2 aromatic carbocycles. The fraction of sp³-hybridized carbons (Fsp3) is 0.200. The lowest BCUT2D eigenvalue weighted by Gasteiger charge is -2.09. The Balaban J connectivity index is 2.18. The smallest absolute Gasteiger partial charge is 0.251 e. The molecule has 2 rings (SSSR count). The van der Waals surface area contributed by atoms with Crippen LogP contribution in [0.1, 0.15) is 29.8 Å². The van der Waals surface area contributed by atoms with Gasteiger partial charge in [0.1, 0.15) is 0 Å². The highest BCUT2D eigenvalue weighted by Gasteiger charge is 2.08. The third-order valence-corrected chi connectivity index (χ3v) is 3.68. The van der Waals surface area contributed by atoms with E-state index < -0.39 is 0 Å². The molecule has 0 aliphatic rings. The Hall–Kier alpha value is -3.08. The lowest BCUT2D eigenvalue weighted by molar-refractivity contribution is -0.112. The van der Waals surface area contributed by atoms with Gasteiger partial charge in [-0.2, -0.15) is 0 Å². The predicted molar refractivity (Wildman–Crippen MR) is 98.3 cm³/mol. The average molecular weight is 339 g/mol. The van der Waals surface area contributed by atoms with Crippen LogP contribution in [0, 0.1) is 0 Å². The Labute approximate surface area is 147 Å². The summed E-state index contributed by atoms with van der Waals surface area (Å²) >= 11 is 0. The molecule has 0 unspecified atom stereocenters. The van der Waals surface area contributed by atoms with E-state index in [0.29, 0.717) is 28.3 Å². The van der Waals surface area contributed by atoms with E-state index in [-0.39, 0.29) is 11.7 Å². The van der Waals surface area contributed by atoms with Crippen molar-refractivity contribution in [3.8, 4) is 11.5 Å². The molecule has 0 saturated heterocycles. The van der Waals surface area contributed by atoms with E-state index in [2.05, 4.69) is 5.32 Å². The molecular formula is C20H21NO4. The normalized spacial score (nSPS) is 11.0. The summed E-state index contributed by atoms with van der Waals surface area (Å²) in [5.41, 5.74) is 2.49. The Morgan fingerprint density at radius 2 is 1.68 bits per heavy atom. The van der Waals surface area contributed by atoms with Crippen LogP contribution in [0.25, 0.3) is 6.08 Å². The Bertz CT molecular complexity index is 824. The van der Waals surface area contributed by atoms with Gasteiger partial charge >= 0.3 is 0 Å². The first-order chi connectivity index (χ1) is 11.9. The maximum Gasteiger partial charge on any atom is 0.251 e. The molecule has 130 valence electrons. The molecule has 0 saturated carbocycles. The number of ketones is 1. The first-order valence-corrected chi connectivity index (χ1v) is 7.77. The standard InChI is InChI=1S/C20H21NO4/c1-13(10-15-8-9-18(24-3)19(11-15)25-4)20(23)21-17-7-5-6-16(12-17)14(2)22/h5-12H,1-4H3,(H,21,23)/b13-10+. The summed E-state index contributed by atoms with van der Waals surface area (Å²) in [7, 11) is 3.13. The van der Waals surface area contributed by atoms with Crippen molar-refractivity contribution in [2.45, 2.75) is 13.8 Å². The van der Waals surface area contributed by atoms with Crippen molar-refractivity contribution in [2.75, 3.05) is 19.5 Å². The number of hydrogen-bond donors (Lipinski definition) is 1. The number of methoxy groups -OCH3 is 2. The molecule has 0 aliphatic carbocycles. The maximum absolute atomic E-state index is 12.4. The molecule has 0 spiro atoms. The van der Waals surface area contributed by atoms with E-state index in [4.69, 9.17) is 9.47 Å². The minimum atomic E-state index is -0.240. The van der Waals surface area contributed by atoms with Crippen LogP contribution in [-0.2, 0) is 4.79 Å². The van der Waals surface area contributed by atoms with Gasteiger partial charge in [-0.3, -0.25) is 9.59 Å². The van der Waals surface area contributed by atoms with Gasteiger partial charge in [0.15, 0.2) is 17.3 Å². The second-order valence-corrected chi connectivity index (χ2v) is 5.53. The molecule has 0 bridgehead atoms. The first-order valence-electron chi connectivity index (χ1n) is 7.77. The van der Waals surface area contributed by atoms with Gasteiger partial charge in [0.25, 0.3) is 5.91 Å². The molecule has 0 aliphatic heterocycles. The van der Waals surface area contributed by atoms with Gasteiger partial charge in [-0.05, 0) is 49.8 Å². The molecule has 0 atom stereocenters. The van der Waals surface area contributed by atoms with Gasteiger partial charge in [-0.15, -0.1) is 0 Å². The third-order valence-electron chi connectivity index (χ3n) is 3.68. The second kappa shape index (κ2) is 8.15. The number of anilines is 1.